The van der Waals surface area contributed by atoms with E-state index >= 15 is 0 Å². The molecule has 6 nitrogen and oxygen atoms in total. The molecule has 0 bridgehead atoms. The van der Waals surface area contributed by atoms with Crippen molar-refractivity contribution in [1.29, 1.82) is 0 Å². The lowest BCUT2D eigenvalue weighted by molar-refractivity contribution is 0.140. The van der Waals surface area contributed by atoms with Gasteiger partial charge in [-0.15, -0.1) is 0 Å². The van der Waals surface area contributed by atoms with Crippen molar-refractivity contribution in [3.8, 4) is 5.75 Å². The lowest BCUT2D eigenvalue weighted by Gasteiger charge is -2.16. The summed E-state index contributed by atoms with van der Waals surface area (Å²) in [4.78, 5) is 2.26. The van der Waals surface area contributed by atoms with Gasteiger partial charge in [0.25, 0.3) is 0 Å². The molecule has 1 aliphatic rings. The van der Waals surface area contributed by atoms with Gasteiger partial charge >= 0.3 is 0 Å². The second-order valence-electron chi connectivity index (χ2n) is 6.49. The van der Waals surface area contributed by atoms with Crippen LogP contribution >= 0.6 is 0 Å². The van der Waals surface area contributed by atoms with E-state index in [4.69, 9.17) is 9.84 Å². The Morgan fingerprint density at radius 2 is 2.21 bits per heavy atom. The number of hydrogen-bond donors (Lipinski definition) is 3. The molecular formula is C18H25N3O3. The zero-order valence-electron chi connectivity index (χ0n) is 14.0. The van der Waals surface area contributed by atoms with Gasteiger partial charge in [-0.25, -0.2) is 0 Å². The van der Waals surface area contributed by atoms with Crippen molar-refractivity contribution in [3.63, 3.8) is 0 Å². The fourth-order valence-electron chi connectivity index (χ4n) is 3.27. The van der Waals surface area contributed by atoms with Gasteiger partial charge in [0.1, 0.15) is 12.4 Å². The molecule has 2 atom stereocenters. The van der Waals surface area contributed by atoms with Gasteiger partial charge in [0.05, 0.1) is 18.4 Å². The molecule has 24 heavy (non-hydrogen) atoms. The van der Waals surface area contributed by atoms with E-state index in [1.54, 1.807) is 0 Å². The first-order valence-electron chi connectivity index (χ1n) is 8.38. The lowest BCUT2D eigenvalue weighted by Crippen LogP contribution is -2.21. The van der Waals surface area contributed by atoms with Crippen LogP contribution in [0.5, 0.6) is 5.75 Å². The van der Waals surface area contributed by atoms with Crippen LogP contribution in [0.2, 0.25) is 0 Å². The molecule has 1 saturated heterocycles. The molecule has 1 aromatic carbocycles. The molecule has 3 rings (SSSR count). The average Bonchev–Trinajstić information content (AvgIpc) is 3.12. The molecule has 2 unspecified atom stereocenters. The molecule has 0 spiro atoms. The van der Waals surface area contributed by atoms with Crippen molar-refractivity contribution in [2.75, 3.05) is 26.3 Å². The summed E-state index contributed by atoms with van der Waals surface area (Å²) in [7, 11) is 0. The number of aliphatic hydroxyl groups excluding tert-OH is 2. The zero-order valence-corrected chi connectivity index (χ0v) is 14.0. The number of ether oxygens (including phenoxy) is 1. The Kier molecular flexibility index (Phi) is 5.50. The minimum atomic E-state index is -0.323. The number of likely N-dealkylation sites (tertiary alicyclic amines) is 1. The van der Waals surface area contributed by atoms with Crippen molar-refractivity contribution >= 4 is 0 Å². The summed E-state index contributed by atoms with van der Waals surface area (Å²) in [6.45, 7) is 4.61. The van der Waals surface area contributed by atoms with Gasteiger partial charge in [-0.2, -0.15) is 5.10 Å². The number of H-pyrrole nitrogens is 1. The maximum Gasteiger partial charge on any atom is 0.119 e. The number of β-amino-alcohol motifs (C(OH)–C–C–N with tert-alkyl or cyclic N) is 1. The van der Waals surface area contributed by atoms with Gasteiger partial charge in [0.15, 0.2) is 0 Å². The van der Waals surface area contributed by atoms with Crippen molar-refractivity contribution in [2.45, 2.75) is 26.0 Å². The summed E-state index contributed by atoms with van der Waals surface area (Å²) < 4.78 is 5.45. The number of aliphatic hydroxyl groups is 2. The summed E-state index contributed by atoms with van der Waals surface area (Å²) >= 11 is 0. The largest absolute Gasteiger partial charge is 0.491 e. The van der Waals surface area contributed by atoms with Crippen molar-refractivity contribution in [2.24, 2.45) is 5.92 Å². The van der Waals surface area contributed by atoms with Gasteiger partial charge in [-0.05, 0) is 37.1 Å². The summed E-state index contributed by atoms with van der Waals surface area (Å²) in [5.41, 5.74) is 3.21. The summed E-state index contributed by atoms with van der Waals surface area (Å²) in [6, 6.07) is 9.94. The highest BCUT2D eigenvalue weighted by Crippen LogP contribution is 2.24. The van der Waals surface area contributed by atoms with Gasteiger partial charge < -0.3 is 14.9 Å². The van der Waals surface area contributed by atoms with Gasteiger partial charge in [0, 0.05) is 31.2 Å². The van der Waals surface area contributed by atoms with E-state index in [1.807, 2.05) is 31.2 Å². The van der Waals surface area contributed by atoms with Crippen molar-refractivity contribution < 1.29 is 14.9 Å². The first-order valence-corrected chi connectivity index (χ1v) is 8.38. The lowest BCUT2D eigenvalue weighted by atomic mass is 10.0. The smallest absolute Gasteiger partial charge is 0.119 e. The highest BCUT2D eigenvalue weighted by Gasteiger charge is 2.31. The number of hydrogen-bond acceptors (Lipinski definition) is 5. The van der Waals surface area contributed by atoms with Gasteiger partial charge in [-0.3, -0.25) is 10.00 Å². The van der Waals surface area contributed by atoms with E-state index in [0.29, 0.717) is 13.2 Å². The Balaban J connectivity index is 1.56. The van der Waals surface area contributed by atoms with Crippen LogP contribution < -0.4 is 4.74 Å². The van der Waals surface area contributed by atoms with Crippen LogP contribution in [-0.4, -0.2) is 57.7 Å². The van der Waals surface area contributed by atoms with E-state index in [0.717, 1.165) is 42.2 Å². The van der Waals surface area contributed by atoms with Crippen LogP contribution in [0.3, 0.4) is 0 Å². The van der Waals surface area contributed by atoms with Crippen LogP contribution in [0.1, 0.15) is 17.0 Å². The van der Waals surface area contributed by atoms with E-state index in [9.17, 15) is 5.11 Å². The first kappa shape index (κ1) is 17.0. The van der Waals surface area contributed by atoms with Crippen LogP contribution in [0.15, 0.2) is 30.3 Å². The van der Waals surface area contributed by atoms with Crippen molar-refractivity contribution in [1.82, 2.24) is 15.1 Å². The standard InChI is InChI=1S/C18H25N3O3/c1-13-7-16(20-19-13)9-15-11-21(12-18(15)23)10-14-3-2-4-17(8-14)24-6-5-22/h2-4,7-8,15,18,22-23H,5-6,9-12H2,1H3,(H,19,20). The highest BCUT2D eigenvalue weighted by molar-refractivity contribution is 5.28. The van der Waals surface area contributed by atoms with E-state index in [-0.39, 0.29) is 18.6 Å². The van der Waals surface area contributed by atoms with Crippen molar-refractivity contribution in [3.05, 3.63) is 47.3 Å². The van der Waals surface area contributed by atoms with E-state index in [2.05, 4.69) is 21.2 Å². The molecule has 130 valence electrons. The Bertz CT molecular complexity index is 658. The predicted octanol–water partition coefficient (Wildman–Crippen LogP) is 1.12. The Hall–Kier alpha value is -1.89. The molecular weight excluding hydrogens is 306 g/mol. The number of aryl methyl sites for hydroxylation is 1. The molecule has 1 aliphatic heterocycles. The Morgan fingerprint density at radius 3 is 2.96 bits per heavy atom. The van der Waals surface area contributed by atoms with Crippen LogP contribution in [0.4, 0.5) is 0 Å². The summed E-state index contributed by atoms with van der Waals surface area (Å²) in [5, 5.41) is 26.4. The van der Waals surface area contributed by atoms with Crippen LogP contribution in [0.25, 0.3) is 0 Å². The molecule has 6 heteroatoms. The first-order chi connectivity index (χ1) is 11.6. The number of aromatic amines is 1. The summed E-state index contributed by atoms with van der Waals surface area (Å²) in [6.07, 6.45) is 0.470. The third-order valence-electron chi connectivity index (χ3n) is 4.38. The molecule has 1 aromatic heterocycles. The molecule has 2 heterocycles. The maximum atomic E-state index is 10.3. The third-order valence-corrected chi connectivity index (χ3v) is 4.38. The molecule has 2 aromatic rings. The minimum Gasteiger partial charge on any atom is -0.491 e. The fourth-order valence-corrected chi connectivity index (χ4v) is 3.27. The topological polar surface area (TPSA) is 81.6 Å². The Labute approximate surface area is 142 Å². The number of benzene rings is 1. The molecule has 0 saturated carbocycles. The maximum absolute atomic E-state index is 10.3. The molecule has 0 radical (unpaired) electrons. The zero-order chi connectivity index (χ0) is 16.9. The van der Waals surface area contributed by atoms with Crippen LogP contribution in [0, 0.1) is 12.8 Å². The normalized spacial score (nSPS) is 21.3. The number of nitrogens with one attached hydrogen (secondary N) is 1. The molecule has 1 fully saturated rings. The van der Waals surface area contributed by atoms with Gasteiger partial charge in [0.2, 0.25) is 0 Å². The monoisotopic (exact) mass is 331 g/mol. The Morgan fingerprint density at radius 1 is 1.33 bits per heavy atom. The average molecular weight is 331 g/mol. The van der Waals surface area contributed by atoms with E-state index in [1.165, 1.54) is 0 Å². The minimum absolute atomic E-state index is 0.0108. The van der Waals surface area contributed by atoms with Gasteiger partial charge in [-0.1, -0.05) is 12.1 Å². The summed E-state index contributed by atoms with van der Waals surface area (Å²) in [5.74, 6) is 0.978. The second-order valence-corrected chi connectivity index (χ2v) is 6.49. The van der Waals surface area contributed by atoms with Crippen LogP contribution in [-0.2, 0) is 13.0 Å². The third kappa shape index (κ3) is 4.35. The molecule has 3 N–H and O–H groups in total. The molecule has 0 aliphatic carbocycles. The molecule has 0 amide bonds. The number of nitrogens with zero attached hydrogens (tertiary/aromatic N) is 2. The second kappa shape index (κ2) is 7.79. The number of aromatic nitrogens is 2. The fraction of sp³-hybridized carbons (Fsp3) is 0.500. The predicted molar refractivity (Wildman–Crippen MR) is 90.8 cm³/mol. The number of rotatable bonds is 7. The quantitative estimate of drug-likeness (QED) is 0.708. The van der Waals surface area contributed by atoms with E-state index < -0.39 is 0 Å². The SMILES string of the molecule is Cc1cc(CC2CN(Cc3cccc(OCCO)c3)CC2O)n[nH]1. The highest BCUT2D eigenvalue weighted by atomic mass is 16.5.